The second kappa shape index (κ2) is 5.90. The lowest BCUT2D eigenvalue weighted by atomic mass is 10.1. The van der Waals surface area contributed by atoms with E-state index in [0.717, 1.165) is 35.4 Å². The van der Waals surface area contributed by atoms with Crippen LogP contribution in [0, 0.1) is 0 Å². The predicted molar refractivity (Wildman–Crippen MR) is 80.7 cm³/mol. The van der Waals surface area contributed by atoms with Gasteiger partial charge in [-0.2, -0.15) is 0 Å². The number of hydrogen-bond acceptors (Lipinski definition) is 3. The van der Waals surface area contributed by atoms with Crippen molar-refractivity contribution in [1.29, 1.82) is 0 Å². The number of fused-ring (bicyclic) bond motifs is 1. The van der Waals surface area contributed by atoms with Gasteiger partial charge in [-0.15, -0.1) is 0 Å². The van der Waals surface area contributed by atoms with Crippen molar-refractivity contribution in [3.63, 3.8) is 0 Å². The maximum Gasteiger partial charge on any atom is 0.177 e. The van der Waals surface area contributed by atoms with Gasteiger partial charge in [0.1, 0.15) is 7.11 Å². The molecule has 0 aliphatic carbocycles. The minimum Gasteiger partial charge on any atom is -0.397 e. The molecule has 2 heterocycles. The molecule has 0 atom stereocenters. The van der Waals surface area contributed by atoms with Gasteiger partial charge in [-0.05, 0) is 31.4 Å². The number of pyridine rings is 1. The average Bonchev–Trinajstić information content (AvgIpc) is 2.53. The van der Waals surface area contributed by atoms with E-state index < -0.39 is 0 Å². The highest BCUT2D eigenvalue weighted by Gasteiger charge is 2.18. The Morgan fingerprint density at radius 1 is 1.20 bits per heavy atom. The van der Waals surface area contributed by atoms with Crippen molar-refractivity contribution in [3.05, 3.63) is 42.1 Å². The molecule has 0 bridgehead atoms. The molecule has 1 aliphatic heterocycles. The van der Waals surface area contributed by atoms with E-state index >= 15 is 0 Å². The van der Waals surface area contributed by atoms with Gasteiger partial charge in [0.15, 0.2) is 5.84 Å². The number of para-hydroxylation sites is 1. The van der Waals surface area contributed by atoms with Crippen molar-refractivity contribution in [3.8, 4) is 0 Å². The Morgan fingerprint density at radius 3 is 2.80 bits per heavy atom. The minimum atomic E-state index is 0.894. The maximum atomic E-state index is 5.04. The molecule has 1 aromatic heterocycles. The predicted octanol–water partition coefficient (Wildman–Crippen LogP) is 3.03. The molecule has 0 radical (unpaired) electrons. The summed E-state index contributed by atoms with van der Waals surface area (Å²) in [5, 5.41) is 5.36. The number of benzene rings is 1. The van der Waals surface area contributed by atoms with Crippen molar-refractivity contribution >= 4 is 16.7 Å². The Morgan fingerprint density at radius 2 is 2.00 bits per heavy atom. The Hall–Kier alpha value is -2.10. The number of nitrogens with zero attached hydrogens (tertiary/aromatic N) is 3. The van der Waals surface area contributed by atoms with Crippen LogP contribution in [0.3, 0.4) is 0 Å². The van der Waals surface area contributed by atoms with Crippen LogP contribution in [0.1, 0.15) is 24.8 Å². The summed E-state index contributed by atoms with van der Waals surface area (Å²) in [6.45, 7) is 2.07. The van der Waals surface area contributed by atoms with E-state index in [1.807, 2.05) is 24.4 Å². The minimum absolute atomic E-state index is 0.894. The van der Waals surface area contributed by atoms with Crippen molar-refractivity contribution in [2.24, 2.45) is 5.16 Å². The van der Waals surface area contributed by atoms with Gasteiger partial charge < -0.3 is 9.74 Å². The van der Waals surface area contributed by atoms with E-state index in [1.165, 1.54) is 19.3 Å². The first-order valence-electron chi connectivity index (χ1n) is 7.10. The molecule has 0 N–H and O–H groups in total. The standard InChI is InChI=1S/C16H19N3O/c1-20-18-16(19-9-5-2-6-10-19)14-11-13-7-3-4-8-15(13)17-12-14/h3-4,7-8,11-12H,2,5-6,9-10H2,1H3. The molecular weight excluding hydrogens is 250 g/mol. The quantitative estimate of drug-likeness (QED) is 0.478. The summed E-state index contributed by atoms with van der Waals surface area (Å²) in [7, 11) is 1.60. The molecule has 0 amide bonds. The molecule has 1 aromatic carbocycles. The van der Waals surface area contributed by atoms with Crippen LogP contribution in [0.15, 0.2) is 41.7 Å². The number of amidine groups is 1. The first kappa shape index (κ1) is 12.9. The summed E-state index contributed by atoms with van der Waals surface area (Å²) in [6, 6.07) is 10.3. The monoisotopic (exact) mass is 269 g/mol. The van der Waals surface area contributed by atoms with Gasteiger partial charge in [0.25, 0.3) is 0 Å². The van der Waals surface area contributed by atoms with Gasteiger partial charge in [0.2, 0.25) is 0 Å². The average molecular weight is 269 g/mol. The summed E-state index contributed by atoms with van der Waals surface area (Å²) >= 11 is 0. The van der Waals surface area contributed by atoms with Crippen molar-refractivity contribution in [1.82, 2.24) is 9.88 Å². The topological polar surface area (TPSA) is 37.7 Å². The van der Waals surface area contributed by atoms with E-state index in [9.17, 15) is 0 Å². The molecule has 20 heavy (non-hydrogen) atoms. The van der Waals surface area contributed by atoms with Crippen LogP contribution in [-0.4, -0.2) is 35.9 Å². The summed E-state index contributed by atoms with van der Waals surface area (Å²) < 4.78 is 0. The molecule has 1 fully saturated rings. The fourth-order valence-corrected chi connectivity index (χ4v) is 2.68. The summed E-state index contributed by atoms with van der Waals surface area (Å²) in [4.78, 5) is 11.8. The molecule has 2 aromatic rings. The largest absolute Gasteiger partial charge is 0.397 e. The normalized spacial score (nSPS) is 16.4. The highest BCUT2D eigenvalue weighted by Crippen LogP contribution is 2.17. The summed E-state index contributed by atoms with van der Waals surface area (Å²) in [5.74, 6) is 0.894. The third-order valence-corrected chi connectivity index (χ3v) is 3.68. The van der Waals surface area contributed by atoms with Crippen LogP contribution in [0.4, 0.5) is 0 Å². The van der Waals surface area contributed by atoms with E-state index in [2.05, 4.69) is 27.2 Å². The fraction of sp³-hybridized carbons (Fsp3) is 0.375. The third kappa shape index (κ3) is 2.59. The van der Waals surface area contributed by atoms with Gasteiger partial charge in [0, 0.05) is 30.2 Å². The second-order valence-electron chi connectivity index (χ2n) is 5.06. The van der Waals surface area contributed by atoms with E-state index in [-0.39, 0.29) is 0 Å². The van der Waals surface area contributed by atoms with Crippen LogP contribution in [-0.2, 0) is 4.84 Å². The molecule has 1 saturated heterocycles. The zero-order valence-electron chi connectivity index (χ0n) is 11.7. The van der Waals surface area contributed by atoms with E-state index in [1.54, 1.807) is 7.11 Å². The first-order valence-corrected chi connectivity index (χ1v) is 7.10. The van der Waals surface area contributed by atoms with Gasteiger partial charge in [-0.25, -0.2) is 0 Å². The summed E-state index contributed by atoms with van der Waals surface area (Å²) in [6.07, 6.45) is 5.61. The van der Waals surface area contributed by atoms with Crippen molar-refractivity contribution in [2.45, 2.75) is 19.3 Å². The smallest absolute Gasteiger partial charge is 0.177 e. The molecule has 0 spiro atoms. The second-order valence-corrected chi connectivity index (χ2v) is 5.06. The molecule has 0 saturated carbocycles. The van der Waals surface area contributed by atoms with Gasteiger partial charge in [0.05, 0.1) is 5.52 Å². The number of hydrogen-bond donors (Lipinski definition) is 0. The lowest BCUT2D eigenvalue weighted by Crippen LogP contribution is -2.36. The van der Waals surface area contributed by atoms with Crippen LogP contribution in [0.2, 0.25) is 0 Å². The lowest BCUT2D eigenvalue weighted by molar-refractivity contribution is 0.203. The van der Waals surface area contributed by atoms with Crippen LogP contribution >= 0.6 is 0 Å². The van der Waals surface area contributed by atoms with E-state index in [4.69, 9.17) is 4.84 Å². The Labute approximate surface area is 119 Å². The number of aromatic nitrogens is 1. The molecule has 104 valence electrons. The van der Waals surface area contributed by atoms with Gasteiger partial charge >= 0.3 is 0 Å². The van der Waals surface area contributed by atoms with Crippen LogP contribution in [0.25, 0.3) is 10.9 Å². The van der Waals surface area contributed by atoms with E-state index in [0.29, 0.717) is 0 Å². The van der Waals surface area contributed by atoms with Crippen LogP contribution in [0.5, 0.6) is 0 Å². The molecule has 1 aliphatic rings. The summed E-state index contributed by atoms with van der Waals surface area (Å²) in [5.41, 5.74) is 2.03. The highest BCUT2D eigenvalue weighted by atomic mass is 16.6. The molecular formula is C16H19N3O. The fourth-order valence-electron chi connectivity index (χ4n) is 2.68. The van der Waals surface area contributed by atoms with Gasteiger partial charge in [-0.1, -0.05) is 23.4 Å². The maximum absolute atomic E-state index is 5.04. The SMILES string of the molecule is CON=C(c1cnc2ccccc2c1)N1CCCCC1. The molecule has 4 nitrogen and oxygen atoms in total. The van der Waals surface area contributed by atoms with Crippen molar-refractivity contribution in [2.75, 3.05) is 20.2 Å². The number of piperidine rings is 1. The first-order chi connectivity index (χ1) is 9.88. The lowest BCUT2D eigenvalue weighted by Gasteiger charge is -2.29. The van der Waals surface area contributed by atoms with Crippen molar-refractivity contribution < 1.29 is 4.84 Å². The number of oxime groups is 1. The van der Waals surface area contributed by atoms with Gasteiger partial charge in [-0.3, -0.25) is 4.98 Å². The molecule has 3 rings (SSSR count). The Bertz CT molecular complexity index is 618. The Balaban J connectivity index is 1.98. The van der Waals surface area contributed by atoms with Crippen LogP contribution < -0.4 is 0 Å². The number of rotatable bonds is 2. The molecule has 0 unspecified atom stereocenters. The zero-order chi connectivity index (χ0) is 13.8. The number of likely N-dealkylation sites (tertiary alicyclic amines) is 1. The third-order valence-electron chi connectivity index (χ3n) is 3.68. The Kier molecular flexibility index (Phi) is 3.81. The molecule has 4 heteroatoms. The zero-order valence-corrected chi connectivity index (χ0v) is 11.7. The highest BCUT2D eigenvalue weighted by molar-refractivity contribution is 6.00.